The molecule has 0 saturated heterocycles. The minimum Gasteiger partial charge on any atom is -0.444 e. The monoisotopic (exact) mass is 310 g/mol. The van der Waals surface area contributed by atoms with Crippen molar-refractivity contribution in [1.29, 1.82) is 0 Å². The fraction of sp³-hybridized carbons (Fsp3) is 0.500. The maximum Gasteiger partial charge on any atom is 0.413 e. The summed E-state index contributed by atoms with van der Waals surface area (Å²) in [5.74, 6) is 1.05. The number of ether oxygens (including phenoxy) is 1. The lowest BCUT2D eigenvalue weighted by Crippen LogP contribution is -2.28. The van der Waals surface area contributed by atoms with E-state index < -0.39 is 11.7 Å². The fourth-order valence-electron chi connectivity index (χ4n) is 1.90. The first-order chi connectivity index (χ1) is 9.80. The van der Waals surface area contributed by atoms with Gasteiger partial charge in [0, 0.05) is 6.20 Å². The van der Waals surface area contributed by atoms with Crippen molar-refractivity contribution in [3.05, 3.63) is 23.1 Å². The number of amides is 1. The number of imidazole rings is 1. The number of rotatable bonds is 3. The third-order valence-corrected chi connectivity index (χ3v) is 2.82. The Morgan fingerprint density at radius 1 is 1.48 bits per heavy atom. The lowest BCUT2D eigenvalue weighted by Gasteiger charge is -2.19. The SMILES string of the molecule is CCCc1nc2ncc(Cl)cn2c1NC(=O)OC(C)(C)C. The van der Waals surface area contributed by atoms with Crippen LogP contribution >= 0.6 is 11.6 Å². The topological polar surface area (TPSA) is 68.5 Å². The van der Waals surface area contributed by atoms with Crippen LogP contribution in [-0.4, -0.2) is 26.1 Å². The van der Waals surface area contributed by atoms with Crippen molar-refractivity contribution in [2.24, 2.45) is 0 Å². The summed E-state index contributed by atoms with van der Waals surface area (Å²) < 4.78 is 6.94. The van der Waals surface area contributed by atoms with E-state index in [0.717, 1.165) is 18.5 Å². The van der Waals surface area contributed by atoms with E-state index >= 15 is 0 Å². The second kappa shape index (κ2) is 5.89. The van der Waals surface area contributed by atoms with Gasteiger partial charge in [-0.3, -0.25) is 9.72 Å². The van der Waals surface area contributed by atoms with E-state index in [4.69, 9.17) is 16.3 Å². The van der Waals surface area contributed by atoms with E-state index in [2.05, 4.69) is 15.3 Å². The van der Waals surface area contributed by atoms with E-state index in [1.54, 1.807) is 10.6 Å². The Morgan fingerprint density at radius 2 is 2.19 bits per heavy atom. The van der Waals surface area contributed by atoms with E-state index in [-0.39, 0.29) is 0 Å². The van der Waals surface area contributed by atoms with Crippen LogP contribution in [-0.2, 0) is 11.2 Å². The average Bonchev–Trinajstić information content (AvgIpc) is 2.66. The van der Waals surface area contributed by atoms with Crippen LogP contribution in [0.25, 0.3) is 5.78 Å². The average molecular weight is 311 g/mol. The van der Waals surface area contributed by atoms with Crippen LogP contribution in [0.4, 0.5) is 10.6 Å². The molecular weight excluding hydrogens is 292 g/mol. The van der Waals surface area contributed by atoms with Crippen LogP contribution in [0.3, 0.4) is 0 Å². The van der Waals surface area contributed by atoms with Gasteiger partial charge < -0.3 is 4.74 Å². The summed E-state index contributed by atoms with van der Waals surface area (Å²) in [6.07, 6.45) is 4.30. The van der Waals surface area contributed by atoms with Gasteiger partial charge in [-0.25, -0.2) is 14.8 Å². The number of aromatic nitrogens is 3. The zero-order valence-electron chi connectivity index (χ0n) is 12.6. The largest absolute Gasteiger partial charge is 0.444 e. The predicted octanol–water partition coefficient (Wildman–Crippen LogP) is 3.68. The molecule has 2 heterocycles. The summed E-state index contributed by atoms with van der Waals surface area (Å²) in [4.78, 5) is 20.6. The summed E-state index contributed by atoms with van der Waals surface area (Å²) in [6, 6.07) is 0. The molecule has 0 aliphatic heterocycles. The normalized spacial score (nSPS) is 11.7. The zero-order valence-corrected chi connectivity index (χ0v) is 13.4. The van der Waals surface area contributed by atoms with Gasteiger partial charge in [0.25, 0.3) is 0 Å². The number of hydrogen-bond donors (Lipinski definition) is 1. The Bertz CT molecular complexity index is 661. The number of hydrogen-bond acceptors (Lipinski definition) is 4. The van der Waals surface area contributed by atoms with Gasteiger partial charge in [0.15, 0.2) is 0 Å². The number of aryl methyl sites for hydroxylation is 1. The van der Waals surface area contributed by atoms with Crippen LogP contribution in [0.2, 0.25) is 5.02 Å². The van der Waals surface area contributed by atoms with Gasteiger partial charge in [-0.05, 0) is 27.2 Å². The number of nitrogens with zero attached hydrogens (tertiary/aromatic N) is 3. The molecule has 2 aromatic rings. The Labute approximate surface area is 128 Å². The smallest absolute Gasteiger partial charge is 0.413 e. The maximum atomic E-state index is 12.0. The summed E-state index contributed by atoms with van der Waals surface area (Å²) in [5.41, 5.74) is 0.198. The third kappa shape index (κ3) is 3.85. The molecular formula is C14H19ClN4O2. The number of anilines is 1. The first kappa shape index (κ1) is 15.6. The Balaban J connectivity index is 2.37. The van der Waals surface area contributed by atoms with Gasteiger partial charge in [0.2, 0.25) is 5.78 Å². The van der Waals surface area contributed by atoms with Crippen molar-refractivity contribution in [2.45, 2.75) is 46.1 Å². The third-order valence-electron chi connectivity index (χ3n) is 2.63. The molecule has 0 atom stereocenters. The highest BCUT2D eigenvalue weighted by Crippen LogP contribution is 2.21. The van der Waals surface area contributed by atoms with Crippen LogP contribution in [0.15, 0.2) is 12.4 Å². The highest BCUT2D eigenvalue weighted by Gasteiger charge is 2.20. The Kier molecular flexibility index (Phi) is 4.37. The van der Waals surface area contributed by atoms with Gasteiger partial charge in [0.1, 0.15) is 11.4 Å². The van der Waals surface area contributed by atoms with Gasteiger partial charge in [-0.1, -0.05) is 24.9 Å². The Hall–Kier alpha value is -1.82. The van der Waals surface area contributed by atoms with Crippen molar-refractivity contribution in [2.75, 3.05) is 5.32 Å². The molecule has 0 aliphatic carbocycles. The predicted molar refractivity (Wildman–Crippen MR) is 81.8 cm³/mol. The summed E-state index contributed by atoms with van der Waals surface area (Å²) in [7, 11) is 0. The molecule has 0 spiro atoms. The minimum atomic E-state index is -0.564. The second-order valence-electron chi connectivity index (χ2n) is 5.73. The summed E-state index contributed by atoms with van der Waals surface area (Å²) in [5, 5.41) is 3.21. The maximum absolute atomic E-state index is 12.0. The first-order valence-corrected chi connectivity index (χ1v) is 7.20. The molecule has 0 saturated carbocycles. The first-order valence-electron chi connectivity index (χ1n) is 6.82. The Morgan fingerprint density at radius 3 is 2.81 bits per heavy atom. The molecule has 0 radical (unpaired) electrons. The molecule has 0 fully saturated rings. The molecule has 0 aromatic carbocycles. The molecule has 2 aromatic heterocycles. The van der Waals surface area contributed by atoms with Crippen molar-refractivity contribution in [3.63, 3.8) is 0 Å². The molecule has 114 valence electrons. The van der Waals surface area contributed by atoms with Crippen LogP contribution < -0.4 is 5.32 Å². The fourth-order valence-corrected chi connectivity index (χ4v) is 2.05. The van der Waals surface area contributed by atoms with E-state index in [9.17, 15) is 4.79 Å². The molecule has 6 nitrogen and oxygen atoms in total. The van der Waals surface area contributed by atoms with Gasteiger partial charge in [-0.2, -0.15) is 0 Å². The molecule has 0 aliphatic rings. The standard InChI is InChI=1S/C14H19ClN4O2/c1-5-6-10-11(18-13(20)21-14(2,3)4)19-8-9(15)7-16-12(19)17-10/h7-8H,5-6H2,1-4H3,(H,18,20). The van der Waals surface area contributed by atoms with Crippen LogP contribution in [0.5, 0.6) is 0 Å². The molecule has 0 unspecified atom stereocenters. The van der Waals surface area contributed by atoms with Crippen molar-refractivity contribution in [3.8, 4) is 0 Å². The molecule has 1 N–H and O–H groups in total. The number of carbonyl (C=O) groups is 1. The highest BCUT2D eigenvalue weighted by molar-refractivity contribution is 6.30. The van der Waals surface area contributed by atoms with E-state index in [0.29, 0.717) is 16.6 Å². The molecule has 2 rings (SSSR count). The summed E-state index contributed by atoms with van der Waals surface area (Å²) >= 11 is 5.96. The van der Waals surface area contributed by atoms with Crippen molar-refractivity contribution in [1.82, 2.24) is 14.4 Å². The number of fused-ring (bicyclic) bond motifs is 1. The van der Waals surface area contributed by atoms with Crippen LogP contribution in [0, 0.1) is 0 Å². The molecule has 21 heavy (non-hydrogen) atoms. The number of halogens is 1. The summed E-state index contributed by atoms with van der Waals surface area (Å²) in [6.45, 7) is 7.48. The molecule has 0 bridgehead atoms. The lowest BCUT2D eigenvalue weighted by atomic mass is 10.2. The lowest BCUT2D eigenvalue weighted by molar-refractivity contribution is 0.0635. The zero-order chi connectivity index (χ0) is 15.6. The van der Waals surface area contributed by atoms with Crippen molar-refractivity contribution < 1.29 is 9.53 Å². The van der Waals surface area contributed by atoms with Gasteiger partial charge >= 0.3 is 6.09 Å². The quantitative estimate of drug-likeness (QED) is 0.939. The highest BCUT2D eigenvalue weighted by atomic mass is 35.5. The number of nitrogens with one attached hydrogen (secondary N) is 1. The van der Waals surface area contributed by atoms with Gasteiger partial charge in [0.05, 0.1) is 16.9 Å². The molecule has 7 heteroatoms. The van der Waals surface area contributed by atoms with Crippen LogP contribution in [0.1, 0.15) is 39.8 Å². The number of carbonyl (C=O) groups excluding carboxylic acids is 1. The molecule has 1 amide bonds. The van der Waals surface area contributed by atoms with E-state index in [1.165, 1.54) is 6.20 Å². The van der Waals surface area contributed by atoms with E-state index in [1.807, 2.05) is 27.7 Å². The minimum absolute atomic E-state index is 0.468. The second-order valence-corrected chi connectivity index (χ2v) is 6.16. The van der Waals surface area contributed by atoms with Gasteiger partial charge in [-0.15, -0.1) is 0 Å². The van der Waals surface area contributed by atoms with Crippen molar-refractivity contribution >= 4 is 29.3 Å².